The van der Waals surface area contributed by atoms with Gasteiger partial charge >= 0.3 is 5.69 Å². The van der Waals surface area contributed by atoms with E-state index in [1.165, 1.54) is 4.79 Å². The lowest BCUT2D eigenvalue weighted by atomic mass is 10.2. The zero-order valence-electron chi connectivity index (χ0n) is 11.1. The second-order valence-corrected chi connectivity index (χ2v) is 4.51. The van der Waals surface area contributed by atoms with E-state index in [1.807, 2.05) is 18.2 Å². The monoisotopic (exact) mass is 274 g/mol. The number of tetrazole rings is 1. The van der Waals surface area contributed by atoms with Crippen LogP contribution in [0.25, 0.3) is 11.0 Å². The molecule has 2 aromatic heterocycles. The fraction of sp³-hybridized carbons (Fsp3) is 0.273. The predicted molar refractivity (Wildman–Crippen MR) is 73.5 cm³/mol. The first-order valence-corrected chi connectivity index (χ1v) is 6.00. The Bertz CT molecular complexity index is 827. The molecule has 0 spiro atoms. The van der Waals surface area contributed by atoms with E-state index in [9.17, 15) is 4.79 Å². The van der Waals surface area contributed by atoms with E-state index in [2.05, 4.69) is 21.0 Å². The van der Waals surface area contributed by atoms with Gasteiger partial charge in [-0.25, -0.2) is 4.79 Å². The van der Waals surface area contributed by atoms with Crippen LogP contribution in [0.2, 0.25) is 0 Å². The number of nitrogens with one attached hydrogen (secondary N) is 1. The van der Waals surface area contributed by atoms with E-state index in [0.29, 0.717) is 6.54 Å². The molecule has 0 aliphatic rings. The summed E-state index contributed by atoms with van der Waals surface area (Å²) < 4.78 is 3.23. The van der Waals surface area contributed by atoms with Gasteiger partial charge in [0.1, 0.15) is 0 Å². The molecule has 0 bridgehead atoms. The summed E-state index contributed by atoms with van der Waals surface area (Å²) in [4.78, 5) is 13.2. The molecule has 0 fully saturated rings. The minimum Gasteiger partial charge on any atom is -0.365 e. The molecule has 20 heavy (non-hydrogen) atoms. The molecule has 0 aliphatic carbocycles. The molecule has 0 radical (unpaired) electrons. The van der Waals surface area contributed by atoms with Crippen LogP contribution < -0.4 is 16.8 Å². The van der Waals surface area contributed by atoms with Crippen LogP contribution in [-0.4, -0.2) is 29.5 Å². The van der Waals surface area contributed by atoms with Crippen molar-refractivity contribution in [2.75, 3.05) is 11.2 Å². The number of hydrogen-bond acceptors (Lipinski definition) is 6. The number of aromatic nitrogens is 6. The van der Waals surface area contributed by atoms with Crippen LogP contribution in [-0.2, 0) is 20.6 Å². The van der Waals surface area contributed by atoms with Gasteiger partial charge in [-0.3, -0.25) is 9.13 Å². The van der Waals surface area contributed by atoms with Gasteiger partial charge < -0.3 is 11.2 Å². The van der Waals surface area contributed by atoms with Crippen molar-refractivity contribution in [1.82, 2.24) is 29.5 Å². The molecule has 0 aliphatic heterocycles. The quantitative estimate of drug-likeness (QED) is 0.646. The molecule has 1 aromatic carbocycles. The third kappa shape index (κ3) is 1.79. The van der Waals surface area contributed by atoms with Crippen LogP contribution in [0.5, 0.6) is 0 Å². The van der Waals surface area contributed by atoms with E-state index >= 15 is 0 Å². The van der Waals surface area contributed by atoms with Crippen LogP contribution >= 0.6 is 0 Å². The van der Waals surface area contributed by atoms with Crippen molar-refractivity contribution >= 4 is 17.0 Å². The maximum atomic E-state index is 11.9. The molecule has 0 amide bonds. The number of imidazole rings is 1. The number of fused-ring (bicyclic) bond motifs is 1. The lowest BCUT2D eigenvalue weighted by Crippen LogP contribution is -2.19. The molecule has 9 heteroatoms. The molecule has 3 aromatic rings. The highest BCUT2D eigenvalue weighted by Gasteiger charge is 2.08. The predicted octanol–water partition coefficient (Wildman–Crippen LogP) is -0.811. The van der Waals surface area contributed by atoms with Gasteiger partial charge in [0.05, 0.1) is 17.6 Å². The number of anilines is 1. The summed E-state index contributed by atoms with van der Waals surface area (Å²) in [5.74, 6) is 0.193. The summed E-state index contributed by atoms with van der Waals surface area (Å²) in [5.41, 5.74) is 11.3. The smallest absolute Gasteiger partial charge is 0.328 e. The maximum Gasteiger partial charge on any atom is 0.328 e. The summed E-state index contributed by atoms with van der Waals surface area (Å²) in [6.45, 7) is 0.494. The molecule has 0 saturated carbocycles. The molecule has 9 nitrogen and oxygen atoms in total. The number of nitrogens with zero attached hydrogens (tertiary/aromatic N) is 6. The Balaban J connectivity index is 1.92. The Morgan fingerprint density at radius 3 is 2.70 bits per heavy atom. The number of hydrogen-bond donors (Lipinski definition) is 2. The Kier molecular flexibility index (Phi) is 2.67. The highest BCUT2D eigenvalue weighted by molar-refractivity contribution is 5.76. The van der Waals surface area contributed by atoms with Gasteiger partial charge in [-0.1, -0.05) is 11.2 Å². The van der Waals surface area contributed by atoms with Crippen molar-refractivity contribution in [3.63, 3.8) is 0 Å². The first-order valence-electron chi connectivity index (χ1n) is 6.00. The van der Waals surface area contributed by atoms with Gasteiger partial charge in [0.25, 0.3) is 5.95 Å². The van der Waals surface area contributed by atoms with Crippen molar-refractivity contribution in [1.29, 1.82) is 0 Å². The topological polar surface area (TPSA) is 109 Å². The average Bonchev–Trinajstić information content (AvgIpc) is 2.95. The van der Waals surface area contributed by atoms with Gasteiger partial charge in [0.2, 0.25) is 0 Å². The van der Waals surface area contributed by atoms with Crippen molar-refractivity contribution in [3.05, 3.63) is 34.2 Å². The summed E-state index contributed by atoms with van der Waals surface area (Å²) >= 11 is 0. The van der Waals surface area contributed by atoms with Gasteiger partial charge in [-0.15, -0.1) is 4.79 Å². The minimum absolute atomic E-state index is 0.0465. The Morgan fingerprint density at radius 2 is 2.00 bits per heavy atom. The summed E-state index contributed by atoms with van der Waals surface area (Å²) in [5, 5.41) is 10.7. The molecule has 3 rings (SSSR count). The molecule has 3 N–H and O–H groups in total. The van der Waals surface area contributed by atoms with E-state index in [4.69, 9.17) is 5.73 Å². The maximum absolute atomic E-state index is 11.9. The van der Waals surface area contributed by atoms with Crippen LogP contribution in [0, 0.1) is 0 Å². The normalized spacial score (nSPS) is 11.1. The SMILES string of the molecule is Cn1c(=O)n(C)c2cc(CNn3nnnc3N)ccc21. The largest absolute Gasteiger partial charge is 0.365 e. The Morgan fingerprint density at radius 1 is 1.25 bits per heavy atom. The van der Waals surface area contributed by atoms with E-state index in [-0.39, 0.29) is 11.6 Å². The van der Waals surface area contributed by atoms with Crippen molar-refractivity contribution in [2.45, 2.75) is 6.54 Å². The molecule has 0 saturated heterocycles. The second kappa shape index (κ2) is 4.37. The minimum atomic E-state index is -0.0465. The number of nitrogens with two attached hydrogens (primary N) is 1. The fourth-order valence-corrected chi connectivity index (χ4v) is 2.14. The lowest BCUT2D eigenvalue weighted by Gasteiger charge is -2.06. The van der Waals surface area contributed by atoms with E-state index < -0.39 is 0 Å². The summed E-state index contributed by atoms with van der Waals surface area (Å²) in [7, 11) is 3.51. The Labute approximate surface area is 113 Å². The van der Waals surface area contributed by atoms with Gasteiger partial charge in [-0.2, -0.15) is 0 Å². The third-order valence-corrected chi connectivity index (χ3v) is 3.26. The first kappa shape index (κ1) is 12.2. The van der Waals surface area contributed by atoms with Crippen molar-refractivity contribution in [2.24, 2.45) is 14.1 Å². The van der Waals surface area contributed by atoms with E-state index in [0.717, 1.165) is 16.6 Å². The summed E-state index contributed by atoms with van der Waals surface area (Å²) in [6, 6.07) is 5.80. The Hall–Kier alpha value is -2.84. The molecule has 0 unspecified atom stereocenters. The number of benzene rings is 1. The van der Waals surface area contributed by atoms with Crippen LogP contribution in [0.4, 0.5) is 5.95 Å². The van der Waals surface area contributed by atoms with Crippen LogP contribution in [0.3, 0.4) is 0 Å². The average molecular weight is 274 g/mol. The van der Waals surface area contributed by atoms with Crippen LogP contribution in [0.1, 0.15) is 5.56 Å². The number of nitrogen functional groups attached to an aromatic ring is 1. The lowest BCUT2D eigenvalue weighted by molar-refractivity contribution is 0.693. The second-order valence-electron chi connectivity index (χ2n) is 4.51. The zero-order chi connectivity index (χ0) is 14.3. The van der Waals surface area contributed by atoms with Gasteiger partial charge in [-0.05, 0) is 28.1 Å². The van der Waals surface area contributed by atoms with Crippen LogP contribution in [0.15, 0.2) is 23.0 Å². The number of rotatable bonds is 3. The van der Waals surface area contributed by atoms with Gasteiger partial charge in [0.15, 0.2) is 0 Å². The zero-order valence-corrected chi connectivity index (χ0v) is 11.1. The van der Waals surface area contributed by atoms with Crippen molar-refractivity contribution < 1.29 is 0 Å². The first-order chi connectivity index (χ1) is 9.58. The third-order valence-electron chi connectivity index (χ3n) is 3.26. The fourth-order valence-electron chi connectivity index (χ4n) is 2.14. The highest BCUT2D eigenvalue weighted by atomic mass is 16.1. The molecular weight excluding hydrogens is 260 g/mol. The standard InChI is InChI=1S/C11H14N8O/c1-17-8-4-3-7(5-9(8)18(2)11(17)20)6-13-19-10(12)14-15-16-19/h3-5,13H,6H2,1-2H3,(H2,12,14,16). The van der Waals surface area contributed by atoms with Crippen molar-refractivity contribution in [3.8, 4) is 0 Å². The van der Waals surface area contributed by atoms with Gasteiger partial charge in [0, 0.05) is 14.1 Å². The highest BCUT2D eigenvalue weighted by Crippen LogP contribution is 2.14. The molecule has 2 heterocycles. The number of aryl methyl sites for hydroxylation is 2. The molecule has 0 atom stereocenters. The summed E-state index contributed by atoms with van der Waals surface area (Å²) in [6.07, 6.45) is 0. The molecular formula is C11H14N8O. The van der Waals surface area contributed by atoms with E-state index in [1.54, 1.807) is 23.2 Å². The molecule has 104 valence electrons.